The van der Waals surface area contributed by atoms with Crippen molar-refractivity contribution in [1.29, 1.82) is 5.26 Å². The smallest absolute Gasteiger partial charge is 0.244 e. The quantitative estimate of drug-likeness (QED) is 0.348. The maximum absolute atomic E-state index is 14.0. The standard InChI is InChI=1S/C33H34ClN3O2/c1-24-8-12-26(13-9-24)33(27-14-10-25(2)11-15-27)22-30(38)37(31(33)39)19-5-18-36-20-16-32(23-35,17-21-36)28-6-3-4-7-29(28)34/h3-4,6-15H,5,16-22H2,1-2H3. The number of hydrogen-bond acceptors (Lipinski definition) is 4. The Morgan fingerprint density at radius 1 is 0.846 bits per heavy atom. The molecule has 0 bridgehead atoms. The number of aryl methyl sites for hydroxylation is 2. The average Bonchev–Trinajstić information content (AvgIpc) is 3.20. The van der Waals surface area contributed by atoms with Crippen LogP contribution in [0.3, 0.4) is 0 Å². The minimum absolute atomic E-state index is 0.123. The van der Waals surface area contributed by atoms with Gasteiger partial charge in [-0.15, -0.1) is 0 Å². The maximum atomic E-state index is 14.0. The summed E-state index contributed by atoms with van der Waals surface area (Å²) >= 11 is 6.44. The molecule has 2 aliphatic rings. The lowest BCUT2D eigenvalue weighted by Crippen LogP contribution is -2.44. The van der Waals surface area contributed by atoms with E-state index in [2.05, 4.69) is 11.0 Å². The number of halogens is 1. The molecule has 5 nitrogen and oxygen atoms in total. The molecule has 2 amide bonds. The van der Waals surface area contributed by atoms with Crippen molar-refractivity contribution in [2.45, 2.75) is 50.4 Å². The summed E-state index contributed by atoms with van der Waals surface area (Å²) in [5.74, 6) is -0.261. The van der Waals surface area contributed by atoms with Gasteiger partial charge in [-0.05, 0) is 75.5 Å². The number of carbonyl (C=O) groups excluding carboxylic acids is 2. The molecule has 0 aliphatic carbocycles. The highest BCUT2D eigenvalue weighted by Crippen LogP contribution is 2.43. The lowest BCUT2D eigenvalue weighted by atomic mass is 9.73. The summed E-state index contributed by atoms with van der Waals surface area (Å²) < 4.78 is 0. The van der Waals surface area contributed by atoms with Crippen molar-refractivity contribution in [3.8, 4) is 6.07 Å². The van der Waals surface area contributed by atoms with E-state index in [9.17, 15) is 14.9 Å². The zero-order valence-corrected chi connectivity index (χ0v) is 23.4. The van der Waals surface area contributed by atoms with Crippen LogP contribution in [0.2, 0.25) is 5.02 Å². The molecule has 0 N–H and O–H groups in total. The normalized spacial score (nSPS) is 18.8. The second kappa shape index (κ2) is 11.0. The number of hydrogen-bond donors (Lipinski definition) is 0. The van der Waals surface area contributed by atoms with Crippen LogP contribution in [0.15, 0.2) is 72.8 Å². The molecule has 39 heavy (non-hydrogen) atoms. The van der Waals surface area contributed by atoms with E-state index >= 15 is 0 Å². The van der Waals surface area contributed by atoms with E-state index < -0.39 is 10.8 Å². The highest BCUT2D eigenvalue weighted by molar-refractivity contribution is 6.31. The van der Waals surface area contributed by atoms with Crippen molar-refractivity contribution in [3.05, 3.63) is 106 Å². The third kappa shape index (κ3) is 5.00. The molecule has 0 radical (unpaired) electrons. The zero-order valence-electron chi connectivity index (χ0n) is 22.6. The van der Waals surface area contributed by atoms with Crippen LogP contribution in [-0.2, 0) is 20.4 Å². The Hall–Kier alpha value is -3.46. The second-order valence-corrected chi connectivity index (χ2v) is 11.4. The molecule has 2 saturated heterocycles. The Morgan fingerprint density at radius 3 is 1.95 bits per heavy atom. The molecule has 2 aliphatic heterocycles. The summed E-state index contributed by atoms with van der Waals surface area (Å²) in [6.45, 7) is 6.75. The predicted molar refractivity (Wildman–Crippen MR) is 154 cm³/mol. The number of benzene rings is 3. The number of nitriles is 1. The Balaban J connectivity index is 1.27. The first-order valence-corrected chi connectivity index (χ1v) is 14.0. The van der Waals surface area contributed by atoms with Crippen LogP contribution in [0.5, 0.6) is 0 Å². The van der Waals surface area contributed by atoms with Crippen LogP contribution in [0, 0.1) is 25.2 Å². The summed E-state index contributed by atoms with van der Waals surface area (Å²) in [4.78, 5) is 31.2. The molecule has 5 rings (SSSR count). The minimum Gasteiger partial charge on any atom is -0.303 e. The van der Waals surface area contributed by atoms with Crippen molar-refractivity contribution in [1.82, 2.24) is 9.80 Å². The summed E-state index contributed by atoms with van der Waals surface area (Å²) in [6, 6.07) is 26.1. The molecule has 6 heteroatoms. The van der Waals surface area contributed by atoms with Crippen molar-refractivity contribution >= 4 is 23.4 Å². The van der Waals surface area contributed by atoms with Gasteiger partial charge < -0.3 is 4.90 Å². The first-order valence-electron chi connectivity index (χ1n) is 13.7. The van der Waals surface area contributed by atoms with E-state index in [0.717, 1.165) is 47.5 Å². The topological polar surface area (TPSA) is 64.4 Å². The van der Waals surface area contributed by atoms with Crippen LogP contribution >= 0.6 is 11.6 Å². The molecule has 0 unspecified atom stereocenters. The molecule has 0 aromatic heterocycles. The van der Waals surface area contributed by atoms with Gasteiger partial charge in [-0.2, -0.15) is 5.26 Å². The third-order valence-electron chi connectivity index (χ3n) is 8.59. The number of piperidine rings is 1. The number of carbonyl (C=O) groups is 2. The molecule has 0 atom stereocenters. The SMILES string of the molecule is Cc1ccc(C2(c3ccc(C)cc3)CC(=O)N(CCCN3CCC(C#N)(c4ccccc4Cl)CC3)C2=O)cc1. The van der Waals surface area contributed by atoms with Gasteiger partial charge in [0.1, 0.15) is 5.41 Å². The van der Waals surface area contributed by atoms with Crippen molar-refractivity contribution in [3.63, 3.8) is 0 Å². The number of imide groups is 1. The minimum atomic E-state index is -0.995. The van der Waals surface area contributed by atoms with E-state index in [-0.39, 0.29) is 18.2 Å². The Bertz CT molecular complexity index is 1350. The number of nitrogens with zero attached hydrogens (tertiary/aromatic N) is 3. The number of amides is 2. The van der Waals surface area contributed by atoms with Gasteiger partial charge in [-0.1, -0.05) is 89.5 Å². The molecule has 2 fully saturated rings. The van der Waals surface area contributed by atoms with Gasteiger partial charge in [-0.3, -0.25) is 14.5 Å². The molecular weight excluding hydrogens is 506 g/mol. The fourth-order valence-electron chi connectivity index (χ4n) is 6.16. The summed E-state index contributed by atoms with van der Waals surface area (Å²) in [7, 11) is 0. The Kier molecular flexibility index (Phi) is 7.62. The van der Waals surface area contributed by atoms with Gasteiger partial charge in [0.05, 0.1) is 11.5 Å². The molecule has 0 spiro atoms. The van der Waals surface area contributed by atoms with Crippen LogP contribution < -0.4 is 0 Å². The molecular formula is C33H34ClN3O2. The van der Waals surface area contributed by atoms with Gasteiger partial charge in [0.15, 0.2) is 0 Å². The highest BCUT2D eigenvalue weighted by atomic mass is 35.5. The first kappa shape index (κ1) is 27.1. The van der Waals surface area contributed by atoms with E-state index in [1.54, 1.807) is 0 Å². The van der Waals surface area contributed by atoms with Gasteiger partial charge in [0, 0.05) is 18.0 Å². The van der Waals surface area contributed by atoms with Crippen LogP contribution in [0.1, 0.15) is 53.5 Å². The number of likely N-dealkylation sites (tertiary alicyclic amines) is 2. The van der Waals surface area contributed by atoms with E-state index in [1.807, 2.05) is 86.6 Å². The van der Waals surface area contributed by atoms with Crippen LogP contribution in [0.4, 0.5) is 0 Å². The van der Waals surface area contributed by atoms with Crippen LogP contribution in [-0.4, -0.2) is 47.8 Å². The van der Waals surface area contributed by atoms with Gasteiger partial charge in [-0.25, -0.2) is 0 Å². The largest absolute Gasteiger partial charge is 0.303 e. The monoisotopic (exact) mass is 539 g/mol. The first-order chi connectivity index (χ1) is 18.8. The molecule has 3 aromatic rings. The fraction of sp³-hybridized carbons (Fsp3) is 0.364. The van der Waals surface area contributed by atoms with Gasteiger partial charge in [0.25, 0.3) is 0 Å². The van der Waals surface area contributed by atoms with E-state index in [1.165, 1.54) is 4.90 Å². The molecule has 0 saturated carbocycles. The molecule has 200 valence electrons. The number of rotatable bonds is 7. The molecule has 3 aromatic carbocycles. The lowest BCUT2D eigenvalue weighted by Gasteiger charge is -2.38. The zero-order chi connectivity index (χ0) is 27.6. The third-order valence-corrected chi connectivity index (χ3v) is 8.92. The Labute approximate surface area is 236 Å². The lowest BCUT2D eigenvalue weighted by molar-refractivity contribution is -0.139. The van der Waals surface area contributed by atoms with Gasteiger partial charge >= 0.3 is 0 Å². The molecule has 2 heterocycles. The van der Waals surface area contributed by atoms with Crippen molar-refractivity contribution in [2.24, 2.45) is 0 Å². The fourth-order valence-corrected chi connectivity index (χ4v) is 6.48. The average molecular weight is 540 g/mol. The summed E-state index contributed by atoms with van der Waals surface area (Å²) in [5, 5.41) is 10.7. The Morgan fingerprint density at radius 2 is 1.41 bits per heavy atom. The summed E-state index contributed by atoms with van der Waals surface area (Å²) in [6.07, 6.45) is 2.25. The highest BCUT2D eigenvalue weighted by Gasteiger charge is 2.53. The van der Waals surface area contributed by atoms with Crippen LogP contribution in [0.25, 0.3) is 0 Å². The van der Waals surface area contributed by atoms with E-state index in [4.69, 9.17) is 11.6 Å². The van der Waals surface area contributed by atoms with Crippen molar-refractivity contribution in [2.75, 3.05) is 26.2 Å². The van der Waals surface area contributed by atoms with E-state index in [0.29, 0.717) is 30.8 Å². The second-order valence-electron chi connectivity index (χ2n) is 11.0. The summed E-state index contributed by atoms with van der Waals surface area (Å²) in [5.41, 5.74) is 3.29. The predicted octanol–water partition coefficient (Wildman–Crippen LogP) is 5.95. The van der Waals surface area contributed by atoms with Crippen molar-refractivity contribution < 1.29 is 9.59 Å². The van der Waals surface area contributed by atoms with Gasteiger partial charge in [0.2, 0.25) is 11.8 Å². The maximum Gasteiger partial charge on any atom is 0.244 e.